The van der Waals surface area contributed by atoms with Gasteiger partial charge in [0.25, 0.3) is 0 Å². The molecule has 0 unspecified atom stereocenters. The van der Waals surface area contributed by atoms with E-state index >= 15 is 0 Å². The van der Waals surface area contributed by atoms with E-state index < -0.39 is 10.0 Å². The van der Waals surface area contributed by atoms with E-state index in [1.54, 1.807) is 0 Å². The highest BCUT2D eigenvalue weighted by Crippen LogP contribution is 2.72. The topological polar surface area (TPSA) is 25.8 Å². The van der Waals surface area contributed by atoms with Crippen LogP contribution in [0, 0.1) is 0 Å². The van der Waals surface area contributed by atoms with E-state index in [4.69, 9.17) is 9.97 Å². The van der Waals surface area contributed by atoms with Crippen LogP contribution in [0.5, 0.6) is 0 Å². The van der Waals surface area contributed by atoms with Crippen molar-refractivity contribution in [2.24, 2.45) is 0 Å². The van der Waals surface area contributed by atoms with E-state index in [2.05, 4.69) is 84.9 Å². The van der Waals surface area contributed by atoms with Crippen LogP contribution in [0.1, 0.15) is 0 Å². The van der Waals surface area contributed by atoms with E-state index in [1.165, 1.54) is 9.79 Å². The molecule has 0 fully saturated rings. The van der Waals surface area contributed by atoms with Crippen molar-refractivity contribution >= 4 is 10.0 Å². The molecule has 0 aliphatic heterocycles. The van der Waals surface area contributed by atoms with Gasteiger partial charge in [0.15, 0.2) is 0 Å². The van der Waals surface area contributed by atoms with Crippen LogP contribution in [-0.2, 0) is 0 Å². The van der Waals surface area contributed by atoms with Gasteiger partial charge in [0, 0.05) is 22.2 Å². The van der Waals surface area contributed by atoms with Gasteiger partial charge in [0.2, 0.25) is 0 Å². The third-order valence-corrected chi connectivity index (χ3v) is 7.79. The molecule has 122 valence electrons. The van der Waals surface area contributed by atoms with Crippen molar-refractivity contribution in [1.29, 1.82) is 0 Å². The summed E-state index contributed by atoms with van der Waals surface area (Å²) in [7, 11) is -1.73. The lowest BCUT2D eigenvalue weighted by atomic mass is 10.4. The fraction of sp³-hybridized carbons (Fsp3) is 0. The molecule has 2 heterocycles. The van der Waals surface area contributed by atoms with E-state index in [0.29, 0.717) is 0 Å². The lowest BCUT2D eigenvalue weighted by Gasteiger charge is -2.39. The van der Waals surface area contributed by atoms with E-state index in [0.717, 1.165) is 10.1 Å². The highest BCUT2D eigenvalue weighted by molar-refractivity contribution is 8.33. The lowest BCUT2D eigenvalue weighted by Crippen LogP contribution is -2.07. The van der Waals surface area contributed by atoms with E-state index in [9.17, 15) is 0 Å². The average Bonchev–Trinajstić information content (AvgIpc) is 2.72. The van der Waals surface area contributed by atoms with Gasteiger partial charge in [0.1, 0.15) is 0 Å². The minimum absolute atomic E-state index is 1.05. The maximum absolute atomic E-state index is 4.78. The fourth-order valence-corrected chi connectivity index (χ4v) is 6.62. The number of pyridine rings is 2. The summed E-state index contributed by atoms with van der Waals surface area (Å²) in [6, 6.07) is 33.5. The van der Waals surface area contributed by atoms with Gasteiger partial charge in [-0.3, -0.25) is 9.97 Å². The number of nitrogens with zero attached hydrogens (tertiary/aromatic N) is 2. The number of hydrogen-bond acceptors (Lipinski definition) is 2. The van der Waals surface area contributed by atoms with E-state index in [-0.39, 0.29) is 0 Å². The molecular formula is C22H18N2S. The first-order valence-electron chi connectivity index (χ1n) is 8.18. The second-order valence-electron chi connectivity index (χ2n) is 5.57. The largest absolute Gasteiger partial charge is 0.250 e. The Morgan fingerprint density at radius 2 is 0.840 bits per heavy atom. The predicted molar refractivity (Wildman–Crippen MR) is 102 cm³/mol. The van der Waals surface area contributed by atoms with Crippen molar-refractivity contribution in [3.63, 3.8) is 0 Å². The normalized spacial score (nSPS) is 11.8. The second-order valence-corrected chi connectivity index (χ2v) is 8.58. The van der Waals surface area contributed by atoms with Crippen molar-refractivity contribution in [2.45, 2.75) is 19.8 Å². The monoisotopic (exact) mass is 342 g/mol. The van der Waals surface area contributed by atoms with Crippen LogP contribution in [0.15, 0.2) is 129 Å². The lowest BCUT2D eigenvalue weighted by molar-refractivity contribution is 1.04. The molecule has 3 heteroatoms. The Morgan fingerprint density at radius 3 is 1.20 bits per heavy atom. The molecule has 0 atom stereocenters. The summed E-state index contributed by atoms with van der Waals surface area (Å²) in [6.07, 6.45) is 3.73. The third kappa shape index (κ3) is 2.73. The van der Waals surface area contributed by atoms with Crippen LogP contribution in [0.2, 0.25) is 0 Å². The van der Waals surface area contributed by atoms with Crippen molar-refractivity contribution in [2.75, 3.05) is 0 Å². The number of hydrogen-bond donors (Lipinski definition) is 0. The maximum atomic E-state index is 4.78. The highest BCUT2D eigenvalue weighted by Gasteiger charge is 2.35. The SMILES string of the molecule is c1ccc(S(c2ccccc2)(c2ccccn2)c2ccccn2)cc1. The molecule has 0 N–H and O–H groups in total. The molecule has 0 amide bonds. The van der Waals surface area contributed by atoms with Crippen LogP contribution in [0.25, 0.3) is 0 Å². The van der Waals surface area contributed by atoms with Gasteiger partial charge in [-0.15, -0.1) is 0 Å². The Kier molecular flexibility index (Phi) is 4.32. The zero-order valence-electron chi connectivity index (χ0n) is 13.7. The predicted octanol–water partition coefficient (Wildman–Crippen LogP) is 5.82. The molecule has 0 aliphatic rings. The van der Waals surface area contributed by atoms with Crippen molar-refractivity contribution in [3.8, 4) is 0 Å². The quantitative estimate of drug-likeness (QED) is 0.467. The van der Waals surface area contributed by atoms with Gasteiger partial charge in [-0.1, -0.05) is 58.6 Å². The molecule has 0 aliphatic carbocycles. The molecule has 2 aromatic heterocycles. The molecule has 4 rings (SSSR count). The second kappa shape index (κ2) is 6.91. The average molecular weight is 342 g/mol. The first-order valence-corrected chi connectivity index (χ1v) is 9.81. The summed E-state index contributed by atoms with van der Waals surface area (Å²) in [5.74, 6) is 0. The summed E-state index contributed by atoms with van der Waals surface area (Å²) < 4.78 is 0. The molecule has 0 saturated heterocycles. The van der Waals surface area contributed by atoms with Crippen LogP contribution >= 0.6 is 10.0 Å². The minimum atomic E-state index is -1.73. The molecule has 4 aromatic rings. The molecule has 0 bridgehead atoms. The summed E-state index contributed by atoms with van der Waals surface area (Å²) in [5.41, 5.74) is 0. The van der Waals surface area contributed by atoms with Crippen LogP contribution in [0.4, 0.5) is 0 Å². The van der Waals surface area contributed by atoms with Crippen molar-refractivity contribution in [1.82, 2.24) is 9.97 Å². The number of rotatable bonds is 4. The highest BCUT2D eigenvalue weighted by atomic mass is 32.3. The Morgan fingerprint density at radius 1 is 0.440 bits per heavy atom. The summed E-state index contributed by atoms with van der Waals surface area (Å²) in [6.45, 7) is 0. The molecule has 0 saturated carbocycles. The molecule has 0 radical (unpaired) electrons. The van der Waals surface area contributed by atoms with Gasteiger partial charge in [-0.25, -0.2) is 0 Å². The Bertz CT molecular complexity index is 763. The number of benzene rings is 2. The maximum Gasteiger partial charge on any atom is 0.0924 e. The van der Waals surface area contributed by atoms with Gasteiger partial charge in [0.05, 0.1) is 10.1 Å². The third-order valence-electron chi connectivity index (χ3n) is 4.10. The van der Waals surface area contributed by atoms with Gasteiger partial charge in [-0.2, -0.15) is 0 Å². The number of aromatic nitrogens is 2. The first kappa shape index (κ1) is 15.6. The Labute approximate surface area is 149 Å². The summed E-state index contributed by atoms with van der Waals surface area (Å²) in [4.78, 5) is 12.0. The zero-order valence-corrected chi connectivity index (χ0v) is 14.5. The standard InChI is InChI=1S/C22H18N2S/c1-3-11-19(12-4-1)25(20-13-5-2-6-14-20,21-15-7-9-17-23-21)22-16-8-10-18-24-22/h1-18H. The molecule has 2 aromatic carbocycles. The smallest absolute Gasteiger partial charge is 0.0924 e. The molecular weight excluding hydrogens is 324 g/mol. The Balaban J connectivity index is 2.13. The van der Waals surface area contributed by atoms with Crippen LogP contribution in [-0.4, -0.2) is 9.97 Å². The fourth-order valence-electron chi connectivity index (χ4n) is 3.03. The van der Waals surface area contributed by atoms with Gasteiger partial charge < -0.3 is 0 Å². The molecule has 0 spiro atoms. The zero-order chi connectivity index (χ0) is 17.0. The summed E-state index contributed by atoms with van der Waals surface area (Å²) in [5, 5.41) is 2.09. The summed E-state index contributed by atoms with van der Waals surface area (Å²) >= 11 is 0. The van der Waals surface area contributed by atoms with Gasteiger partial charge >= 0.3 is 0 Å². The van der Waals surface area contributed by atoms with Crippen LogP contribution < -0.4 is 0 Å². The first-order chi connectivity index (χ1) is 12.4. The molecule has 25 heavy (non-hydrogen) atoms. The van der Waals surface area contributed by atoms with Gasteiger partial charge in [-0.05, 0) is 48.5 Å². The van der Waals surface area contributed by atoms with Crippen molar-refractivity contribution in [3.05, 3.63) is 109 Å². The minimum Gasteiger partial charge on any atom is -0.250 e. The Hall–Kier alpha value is -2.91. The van der Waals surface area contributed by atoms with Crippen LogP contribution in [0.3, 0.4) is 0 Å². The van der Waals surface area contributed by atoms with E-state index in [1.807, 2.05) is 24.5 Å². The van der Waals surface area contributed by atoms with Crippen molar-refractivity contribution < 1.29 is 0 Å². The molecule has 2 nitrogen and oxygen atoms in total.